The molecule has 0 radical (unpaired) electrons. The molecule has 1 aromatic rings. The minimum Gasteiger partial charge on any atom is -0.122 e. The Morgan fingerprint density at radius 3 is 2.47 bits per heavy atom. The normalized spacial score (nSPS) is 13.4. The Bertz CT molecular complexity index is 365. The maximum absolute atomic E-state index is 2.30. The molecular weight excluding hydrogens is 248 g/mol. The molecule has 1 unspecified atom stereocenters. The Hall–Kier alpha value is -0.950. The average molecular weight is 274 g/mol. The molecule has 0 saturated carbocycles. The zero-order chi connectivity index (χ0) is 13.8. The van der Waals surface area contributed by atoms with Crippen LogP contribution in [0.3, 0.4) is 0 Å². The van der Waals surface area contributed by atoms with Crippen LogP contribution in [0.15, 0.2) is 59.5 Å². The third kappa shape index (κ3) is 7.94. The number of rotatable bonds is 9. The largest absolute Gasteiger partial charge is 0.122 e. The van der Waals surface area contributed by atoms with Crippen LogP contribution in [0.4, 0.5) is 0 Å². The first kappa shape index (κ1) is 16.1. The predicted molar refractivity (Wildman–Crippen MR) is 88.8 cm³/mol. The van der Waals surface area contributed by atoms with Gasteiger partial charge in [0.1, 0.15) is 0 Å². The van der Waals surface area contributed by atoms with Crippen molar-refractivity contribution in [2.45, 2.75) is 56.1 Å². The number of benzene rings is 1. The average Bonchev–Trinajstić information content (AvgIpc) is 2.46. The summed E-state index contributed by atoms with van der Waals surface area (Å²) in [5.41, 5.74) is 0. The fourth-order valence-electron chi connectivity index (χ4n) is 1.80. The molecule has 0 amide bonds. The summed E-state index contributed by atoms with van der Waals surface area (Å²) < 4.78 is 0. The molecule has 0 fully saturated rings. The minimum absolute atomic E-state index is 0.683. The molecule has 0 saturated heterocycles. The van der Waals surface area contributed by atoms with Gasteiger partial charge in [0.25, 0.3) is 0 Å². The number of unbranched alkanes of at least 4 members (excludes halogenated alkanes) is 2. The first-order chi connectivity index (χ1) is 9.36. The van der Waals surface area contributed by atoms with Crippen LogP contribution in [-0.4, -0.2) is 5.25 Å². The van der Waals surface area contributed by atoms with Gasteiger partial charge in [0.05, 0.1) is 0 Å². The molecule has 0 spiro atoms. The van der Waals surface area contributed by atoms with Gasteiger partial charge < -0.3 is 0 Å². The quantitative estimate of drug-likeness (QED) is 0.291. The van der Waals surface area contributed by atoms with Gasteiger partial charge in [0.15, 0.2) is 0 Å². The fraction of sp³-hybridized carbons (Fsp3) is 0.444. The van der Waals surface area contributed by atoms with Crippen LogP contribution in [0.1, 0.15) is 46.0 Å². The van der Waals surface area contributed by atoms with E-state index in [1.165, 1.54) is 30.6 Å². The zero-order valence-electron chi connectivity index (χ0n) is 12.2. The highest BCUT2D eigenvalue weighted by atomic mass is 32.2. The van der Waals surface area contributed by atoms with Gasteiger partial charge in [-0.2, -0.15) is 0 Å². The maximum Gasteiger partial charge on any atom is 0.0126 e. The summed E-state index contributed by atoms with van der Waals surface area (Å²) in [6.07, 6.45) is 15.1. The van der Waals surface area contributed by atoms with Gasteiger partial charge in [0, 0.05) is 10.1 Å². The molecule has 0 N–H and O–H groups in total. The van der Waals surface area contributed by atoms with Crippen LogP contribution >= 0.6 is 11.8 Å². The highest BCUT2D eigenvalue weighted by Crippen LogP contribution is 2.27. The van der Waals surface area contributed by atoms with Crippen molar-refractivity contribution in [2.24, 2.45) is 0 Å². The number of hydrogen-bond donors (Lipinski definition) is 0. The second-order valence-corrected chi connectivity index (χ2v) is 6.07. The lowest BCUT2D eigenvalue weighted by atomic mass is 10.2. The van der Waals surface area contributed by atoms with Crippen LogP contribution in [0.25, 0.3) is 0 Å². The van der Waals surface area contributed by atoms with Crippen molar-refractivity contribution in [1.82, 2.24) is 0 Å². The molecule has 0 aliphatic heterocycles. The van der Waals surface area contributed by atoms with E-state index in [4.69, 9.17) is 0 Å². The molecule has 1 atom stereocenters. The molecule has 0 aliphatic carbocycles. The van der Waals surface area contributed by atoms with Crippen LogP contribution in [0.2, 0.25) is 0 Å². The van der Waals surface area contributed by atoms with Crippen molar-refractivity contribution in [3.63, 3.8) is 0 Å². The van der Waals surface area contributed by atoms with Crippen molar-refractivity contribution in [3.05, 3.63) is 54.6 Å². The monoisotopic (exact) mass is 274 g/mol. The first-order valence-electron chi connectivity index (χ1n) is 7.40. The first-order valence-corrected chi connectivity index (χ1v) is 8.28. The molecular formula is C18H26S. The van der Waals surface area contributed by atoms with Crippen LogP contribution in [0.5, 0.6) is 0 Å². The van der Waals surface area contributed by atoms with Crippen LogP contribution < -0.4 is 0 Å². The summed E-state index contributed by atoms with van der Waals surface area (Å²) in [7, 11) is 0. The molecule has 0 aliphatic rings. The van der Waals surface area contributed by atoms with E-state index in [1.807, 2.05) is 11.8 Å². The van der Waals surface area contributed by atoms with E-state index < -0.39 is 0 Å². The van der Waals surface area contributed by atoms with E-state index >= 15 is 0 Å². The van der Waals surface area contributed by atoms with Gasteiger partial charge in [0.2, 0.25) is 0 Å². The van der Waals surface area contributed by atoms with Gasteiger partial charge in [-0.25, -0.2) is 0 Å². The van der Waals surface area contributed by atoms with Crippen molar-refractivity contribution in [3.8, 4) is 0 Å². The topological polar surface area (TPSA) is 0 Å². The fourth-order valence-corrected chi connectivity index (χ4v) is 2.87. The lowest BCUT2D eigenvalue weighted by Crippen LogP contribution is -1.97. The second-order valence-electron chi connectivity index (χ2n) is 4.70. The van der Waals surface area contributed by atoms with Gasteiger partial charge >= 0.3 is 0 Å². The third-order valence-electron chi connectivity index (χ3n) is 3.01. The highest BCUT2D eigenvalue weighted by molar-refractivity contribution is 8.00. The Balaban J connectivity index is 2.29. The SMILES string of the molecule is CCCC/C=C/C=C\CC(CC)Sc1ccccc1. The van der Waals surface area contributed by atoms with Gasteiger partial charge in [-0.3, -0.25) is 0 Å². The van der Waals surface area contributed by atoms with Crippen molar-refractivity contribution >= 4 is 11.8 Å². The Morgan fingerprint density at radius 1 is 1.05 bits per heavy atom. The second kappa shape index (κ2) is 10.9. The van der Waals surface area contributed by atoms with Crippen molar-refractivity contribution in [2.75, 3.05) is 0 Å². The summed E-state index contributed by atoms with van der Waals surface area (Å²) in [4.78, 5) is 1.38. The summed E-state index contributed by atoms with van der Waals surface area (Å²) in [5, 5.41) is 0.683. The molecule has 1 heteroatoms. The van der Waals surface area contributed by atoms with Crippen LogP contribution in [0, 0.1) is 0 Å². The summed E-state index contributed by atoms with van der Waals surface area (Å²) >= 11 is 1.99. The van der Waals surface area contributed by atoms with E-state index in [9.17, 15) is 0 Å². The molecule has 1 aromatic carbocycles. The third-order valence-corrected chi connectivity index (χ3v) is 4.41. The van der Waals surface area contributed by atoms with Gasteiger partial charge in [-0.15, -0.1) is 11.8 Å². The Labute approximate surface area is 123 Å². The molecule has 0 nitrogen and oxygen atoms in total. The number of hydrogen-bond acceptors (Lipinski definition) is 1. The number of allylic oxidation sites excluding steroid dienone is 4. The van der Waals surface area contributed by atoms with E-state index in [0.717, 1.165) is 6.42 Å². The highest BCUT2D eigenvalue weighted by Gasteiger charge is 2.05. The molecule has 0 bridgehead atoms. The van der Waals surface area contributed by atoms with Crippen LogP contribution in [-0.2, 0) is 0 Å². The standard InChI is InChI=1S/C18H26S/c1-3-5-6-7-8-9-11-14-17(4-2)19-18-15-12-10-13-16-18/h7-13,15-17H,3-6,14H2,1-2H3/b8-7+,11-9-. The van der Waals surface area contributed by atoms with Crippen molar-refractivity contribution in [1.29, 1.82) is 0 Å². The molecule has 19 heavy (non-hydrogen) atoms. The number of thioether (sulfide) groups is 1. The van der Waals surface area contributed by atoms with E-state index in [2.05, 4.69) is 68.5 Å². The predicted octanol–water partition coefficient (Wildman–Crippen LogP) is 6.25. The van der Waals surface area contributed by atoms with E-state index in [1.54, 1.807) is 0 Å². The lowest BCUT2D eigenvalue weighted by molar-refractivity contribution is 0.814. The molecule has 0 heterocycles. The van der Waals surface area contributed by atoms with Crippen molar-refractivity contribution < 1.29 is 0 Å². The Kier molecular flexibility index (Phi) is 9.26. The smallest absolute Gasteiger partial charge is 0.0126 e. The van der Waals surface area contributed by atoms with Gasteiger partial charge in [-0.1, -0.05) is 69.2 Å². The maximum atomic E-state index is 2.30. The Morgan fingerprint density at radius 2 is 1.79 bits per heavy atom. The summed E-state index contributed by atoms with van der Waals surface area (Å²) in [6.45, 7) is 4.50. The van der Waals surface area contributed by atoms with Gasteiger partial charge in [-0.05, 0) is 31.4 Å². The summed E-state index contributed by atoms with van der Waals surface area (Å²) in [5.74, 6) is 0. The molecule has 1 rings (SSSR count). The zero-order valence-corrected chi connectivity index (χ0v) is 13.0. The van der Waals surface area contributed by atoms with E-state index in [0.29, 0.717) is 5.25 Å². The minimum atomic E-state index is 0.683. The summed E-state index contributed by atoms with van der Waals surface area (Å²) in [6, 6.07) is 10.7. The van der Waals surface area contributed by atoms with E-state index in [-0.39, 0.29) is 0 Å². The molecule has 0 aromatic heterocycles. The lowest BCUT2D eigenvalue weighted by Gasteiger charge is -2.11. The molecule has 104 valence electrons.